The number of likely N-dealkylation sites (N-methyl/N-ethyl adjacent to an activating group) is 1. The van der Waals surface area contributed by atoms with Crippen molar-refractivity contribution >= 4 is 52.1 Å². The third-order valence-corrected chi connectivity index (χ3v) is 5.94. The summed E-state index contributed by atoms with van der Waals surface area (Å²) in [4.78, 5) is 32.2. The van der Waals surface area contributed by atoms with E-state index in [-0.39, 0.29) is 5.91 Å². The maximum Gasteiger partial charge on any atom is 0.320 e. The molecule has 164 valence electrons. The zero-order chi connectivity index (χ0) is 22.5. The molecular weight excluding hydrogens is 446 g/mol. The Labute approximate surface area is 195 Å². The van der Waals surface area contributed by atoms with Crippen molar-refractivity contribution in [3.05, 3.63) is 81.5 Å². The van der Waals surface area contributed by atoms with Crippen molar-refractivity contribution in [2.75, 3.05) is 30.8 Å². The largest absolute Gasteiger partial charge is 0.358 e. The number of benzene rings is 2. The third kappa shape index (κ3) is 5.27. The molecule has 1 aliphatic heterocycles. The summed E-state index contributed by atoms with van der Waals surface area (Å²) in [6.45, 7) is 1.69. The van der Waals surface area contributed by atoms with E-state index in [0.29, 0.717) is 22.0 Å². The number of amidine groups is 1. The molecule has 0 saturated carbocycles. The molecule has 1 atom stereocenters. The second kappa shape index (κ2) is 9.84. The summed E-state index contributed by atoms with van der Waals surface area (Å²) in [6.07, 6.45) is 0. The van der Waals surface area contributed by atoms with E-state index >= 15 is 0 Å². The molecule has 3 aromatic rings. The highest BCUT2D eigenvalue weighted by Crippen LogP contribution is 2.21. The number of nitrogens with zero attached hydrogens (tertiary/aromatic N) is 2. The van der Waals surface area contributed by atoms with E-state index in [1.165, 1.54) is 11.3 Å². The Morgan fingerprint density at radius 3 is 2.34 bits per heavy atom. The highest BCUT2D eigenvalue weighted by molar-refractivity contribution is 7.08. The number of carbonyl (C=O) groups excluding carboxylic acids is 2. The van der Waals surface area contributed by atoms with Gasteiger partial charge in [0, 0.05) is 35.6 Å². The van der Waals surface area contributed by atoms with Crippen LogP contribution in [0.4, 0.5) is 16.2 Å². The molecule has 3 amide bonds. The van der Waals surface area contributed by atoms with Crippen LogP contribution in [0.2, 0.25) is 5.02 Å². The van der Waals surface area contributed by atoms with Gasteiger partial charge >= 0.3 is 6.03 Å². The molecule has 0 aliphatic carbocycles. The zero-order valence-electron chi connectivity index (χ0n) is 17.3. The predicted molar refractivity (Wildman–Crippen MR) is 130 cm³/mol. The second-order valence-corrected chi connectivity index (χ2v) is 8.51. The normalized spacial score (nSPS) is 13.9. The number of carbonyl (C=O) groups is 2. The number of hydrogen-bond donors (Lipinski definition) is 3. The van der Waals surface area contributed by atoms with Crippen LogP contribution in [0.25, 0.3) is 0 Å². The SMILES string of the molecule is CN1CCN=C1c1ccc(NC(=O)C(NC(=O)Nc2ccc(Cl)cc2)c2ccsc2)cc1. The molecule has 0 spiro atoms. The number of nitrogens with one attached hydrogen (secondary N) is 3. The number of halogens is 1. The lowest BCUT2D eigenvalue weighted by Gasteiger charge is -2.19. The highest BCUT2D eigenvalue weighted by Gasteiger charge is 2.24. The highest BCUT2D eigenvalue weighted by atomic mass is 35.5. The minimum absolute atomic E-state index is 0.335. The average Bonchev–Trinajstić information content (AvgIpc) is 3.46. The first-order chi connectivity index (χ1) is 15.5. The number of thiophene rings is 1. The lowest BCUT2D eigenvalue weighted by atomic mass is 10.1. The van der Waals surface area contributed by atoms with Crippen LogP contribution in [0.15, 0.2) is 70.3 Å². The molecule has 32 heavy (non-hydrogen) atoms. The first kappa shape index (κ1) is 21.9. The number of amides is 3. The van der Waals surface area contributed by atoms with Crippen molar-refractivity contribution in [2.24, 2.45) is 4.99 Å². The van der Waals surface area contributed by atoms with E-state index in [2.05, 4.69) is 25.8 Å². The molecule has 9 heteroatoms. The Morgan fingerprint density at radius 2 is 1.72 bits per heavy atom. The van der Waals surface area contributed by atoms with Gasteiger partial charge in [0.05, 0.1) is 6.54 Å². The fraction of sp³-hybridized carbons (Fsp3) is 0.174. The van der Waals surface area contributed by atoms with Gasteiger partial charge in [-0.2, -0.15) is 11.3 Å². The van der Waals surface area contributed by atoms with Gasteiger partial charge in [-0.1, -0.05) is 11.6 Å². The Morgan fingerprint density at radius 1 is 1.03 bits per heavy atom. The van der Waals surface area contributed by atoms with Gasteiger partial charge < -0.3 is 20.9 Å². The number of rotatable bonds is 6. The van der Waals surface area contributed by atoms with Gasteiger partial charge in [0.25, 0.3) is 5.91 Å². The van der Waals surface area contributed by atoms with Crippen LogP contribution in [0, 0.1) is 0 Å². The maximum absolute atomic E-state index is 13.0. The minimum Gasteiger partial charge on any atom is -0.358 e. The fourth-order valence-electron chi connectivity index (χ4n) is 3.33. The smallest absolute Gasteiger partial charge is 0.320 e. The second-order valence-electron chi connectivity index (χ2n) is 7.29. The molecule has 0 saturated heterocycles. The van der Waals surface area contributed by atoms with E-state index in [0.717, 1.165) is 24.5 Å². The summed E-state index contributed by atoms with van der Waals surface area (Å²) in [5.41, 5.74) is 2.92. The van der Waals surface area contributed by atoms with Crippen LogP contribution in [-0.4, -0.2) is 42.8 Å². The summed E-state index contributed by atoms with van der Waals surface area (Å²) in [6, 6.07) is 14.7. The van der Waals surface area contributed by atoms with Crippen LogP contribution >= 0.6 is 22.9 Å². The monoisotopic (exact) mass is 467 g/mol. The molecule has 0 bridgehead atoms. The molecular formula is C23H22ClN5O2S. The minimum atomic E-state index is -0.849. The van der Waals surface area contributed by atoms with Crippen LogP contribution in [0.1, 0.15) is 17.2 Å². The summed E-state index contributed by atoms with van der Waals surface area (Å²) in [7, 11) is 2.01. The van der Waals surface area contributed by atoms with Gasteiger partial charge in [0.1, 0.15) is 11.9 Å². The van der Waals surface area contributed by atoms with E-state index in [4.69, 9.17) is 11.6 Å². The molecule has 3 N–H and O–H groups in total. The van der Waals surface area contributed by atoms with Crippen molar-refractivity contribution in [2.45, 2.75) is 6.04 Å². The third-order valence-electron chi connectivity index (χ3n) is 4.99. The lowest BCUT2D eigenvalue weighted by molar-refractivity contribution is -0.118. The number of hydrogen-bond acceptors (Lipinski definition) is 5. The van der Waals surface area contributed by atoms with Crippen molar-refractivity contribution in [3.8, 4) is 0 Å². The molecule has 1 unspecified atom stereocenters. The Bertz CT molecular complexity index is 1110. The van der Waals surface area contributed by atoms with Gasteiger partial charge in [-0.05, 0) is 70.9 Å². The predicted octanol–water partition coefficient (Wildman–Crippen LogP) is 4.60. The van der Waals surface area contributed by atoms with Gasteiger partial charge in [0.15, 0.2) is 0 Å². The maximum atomic E-state index is 13.0. The topological polar surface area (TPSA) is 85.8 Å². The molecule has 2 aromatic carbocycles. The molecule has 7 nitrogen and oxygen atoms in total. The van der Waals surface area contributed by atoms with Crippen LogP contribution in [-0.2, 0) is 4.79 Å². The van der Waals surface area contributed by atoms with Crippen LogP contribution < -0.4 is 16.0 Å². The van der Waals surface area contributed by atoms with E-state index in [9.17, 15) is 9.59 Å². The molecule has 1 aromatic heterocycles. The standard InChI is InChI=1S/C23H22ClN5O2S/c1-29-12-11-25-21(29)15-2-6-18(7-3-15)26-22(30)20(16-10-13-32-14-16)28-23(31)27-19-8-4-17(24)5-9-19/h2-10,13-14,20H,11-12H2,1H3,(H,26,30)(H2,27,28,31). The summed E-state index contributed by atoms with van der Waals surface area (Å²) in [5.74, 6) is 0.609. The number of anilines is 2. The number of aliphatic imine (C=N–C) groups is 1. The molecule has 4 rings (SSSR count). The van der Waals surface area contributed by atoms with Gasteiger partial charge in [-0.15, -0.1) is 0 Å². The lowest BCUT2D eigenvalue weighted by Crippen LogP contribution is -2.39. The van der Waals surface area contributed by atoms with E-state index < -0.39 is 12.1 Å². The zero-order valence-corrected chi connectivity index (χ0v) is 18.9. The van der Waals surface area contributed by atoms with Gasteiger partial charge in [-0.3, -0.25) is 9.79 Å². The van der Waals surface area contributed by atoms with Gasteiger partial charge in [-0.25, -0.2) is 4.79 Å². The Balaban J connectivity index is 1.44. The van der Waals surface area contributed by atoms with Crippen molar-refractivity contribution in [3.63, 3.8) is 0 Å². The molecule has 2 heterocycles. The average molecular weight is 468 g/mol. The summed E-state index contributed by atoms with van der Waals surface area (Å²) in [5, 5.41) is 12.6. The number of urea groups is 1. The molecule has 1 aliphatic rings. The van der Waals surface area contributed by atoms with Crippen LogP contribution in [0.5, 0.6) is 0 Å². The fourth-order valence-corrected chi connectivity index (χ4v) is 4.14. The first-order valence-electron chi connectivity index (χ1n) is 10.0. The Kier molecular flexibility index (Phi) is 6.72. The summed E-state index contributed by atoms with van der Waals surface area (Å²) < 4.78 is 0. The van der Waals surface area contributed by atoms with E-state index in [1.54, 1.807) is 24.3 Å². The molecule has 0 fully saturated rings. The van der Waals surface area contributed by atoms with Gasteiger partial charge in [0.2, 0.25) is 0 Å². The van der Waals surface area contributed by atoms with Crippen molar-refractivity contribution in [1.82, 2.24) is 10.2 Å². The quantitative estimate of drug-likeness (QED) is 0.495. The summed E-state index contributed by atoms with van der Waals surface area (Å²) >= 11 is 7.34. The Hall–Kier alpha value is -3.36. The van der Waals surface area contributed by atoms with E-state index in [1.807, 2.05) is 48.1 Å². The first-order valence-corrected chi connectivity index (χ1v) is 11.3. The van der Waals surface area contributed by atoms with Crippen molar-refractivity contribution < 1.29 is 9.59 Å². The van der Waals surface area contributed by atoms with Crippen molar-refractivity contribution in [1.29, 1.82) is 0 Å². The molecule has 0 radical (unpaired) electrons. The van der Waals surface area contributed by atoms with Crippen LogP contribution in [0.3, 0.4) is 0 Å².